The van der Waals surface area contributed by atoms with Gasteiger partial charge in [-0.05, 0) is 31.0 Å². The molecule has 132 valence electrons. The number of hydrogen-bond acceptors (Lipinski definition) is 5. The van der Waals surface area contributed by atoms with E-state index in [-0.39, 0.29) is 17.4 Å². The van der Waals surface area contributed by atoms with Gasteiger partial charge in [0.05, 0.1) is 12.8 Å². The van der Waals surface area contributed by atoms with Crippen LogP contribution in [-0.4, -0.2) is 36.9 Å². The number of amides is 2. The lowest BCUT2D eigenvalue weighted by Gasteiger charge is -2.29. The Labute approximate surface area is 151 Å². The van der Waals surface area contributed by atoms with Crippen molar-refractivity contribution in [1.29, 1.82) is 5.26 Å². The third kappa shape index (κ3) is 4.88. The zero-order valence-corrected chi connectivity index (χ0v) is 14.5. The monoisotopic (exact) mass is 362 g/mol. The number of benzene rings is 1. The quantitative estimate of drug-likeness (QED) is 0.614. The Bertz CT molecular complexity index is 734. The van der Waals surface area contributed by atoms with Crippen molar-refractivity contribution in [3.8, 4) is 11.8 Å². The molecule has 0 atom stereocenters. The summed E-state index contributed by atoms with van der Waals surface area (Å²) in [5.74, 6) is -0.577. The molecule has 7 nitrogen and oxygen atoms in total. The van der Waals surface area contributed by atoms with Gasteiger partial charge in [0, 0.05) is 30.2 Å². The number of primary amides is 1. The molecule has 0 spiro atoms. The van der Waals surface area contributed by atoms with Crippen LogP contribution in [0.4, 0.5) is 5.69 Å². The van der Waals surface area contributed by atoms with E-state index in [1.807, 2.05) is 11.0 Å². The Morgan fingerprint density at radius 1 is 1.44 bits per heavy atom. The van der Waals surface area contributed by atoms with E-state index >= 15 is 0 Å². The number of nitrogens with one attached hydrogen (secondary N) is 1. The number of carbonyl (C=O) groups is 2. The van der Waals surface area contributed by atoms with Crippen LogP contribution in [0.15, 0.2) is 30.0 Å². The molecule has 0 radical (unpaired) electrons. The summed E-state index contributed by atoms with van der Waals surface area (Å²) in [7, 11) is 1.48. The minimum absolute atomic E-state index is 0.0421. The Kier molecular flexibility index (Phi) is 6.25. The van der Waals surface area contributed by atoms with Gasteiger partial charge < -0.3 is 20.7 Å². The summed E-state index contributed by atoms with van der Waals surface area (Å²) < 4.78 is 5.17. The van der Waals surface area contributed by atoms with Crippen LogP contribution >= 0.6 is 11.6 Å². The highest BCUT2D eigenvalue weighted by Gasteiger charge is 2.23. The molecule has 0 bridgehead atoms. The second-order valence-corrected chi connectivity index (χ2v) is 6.10. The average molecular weight is 363 g/mol. The van der Waals surface area contributed by atoms with E-state index in [2.05, 4.69) is 5.32 Å². The van der Waals surface area contributed by atoms with Gasteiger partial charge in [-0.25, -0.2) is 0 Å². The maximum absolute atomic E-state index is 12.4. The first-order valence-electron chi connectivity index (χ1n) is 7.74. The number of nitrogens with two attached hydrogens (primary N) is 1. The number of likely N-dealkylation sites (tertiary alicyclic amines) is 1. The van der Waals surface area contributed by atoms with Crippen molar-refractivity contribution in [2.45, 2.75) is 12.8 Å². The number of carbonyl (C=O) groups excluding carboxylic acids is 2. The number of halogens is 1. The molecule has 1 saturated heterocycles. The average Bonchev–Trinajstić information content (AvgIpc) is 2.60. The molecule has 1 aliphatic heterocycles. The van der Waals surface area contributed by atoms with E-state index in [1.165, 1.54) is 13.3 Å². The number of anilines is 1. The summed E-state index contributed by atoms with van der Waals surface area (Å²) in [6, 6.07) is 6.71. The Hall–Kier alpha value is -2.72. The van der Waals surface area contributed by atoms with Crippen molar-refractivity contribution in [2.24, 2.45) is 11.7 Å². The van der Waals surface area contributed by atoms with Gasteiger partial charge in [-0.2, -0.15) is 5.26 Å². The molecule has 0 aromatic heterocycles. The first kappa shape index (κ1) is 18.6. The molecule has 2 rings (SSSR count). The lowest BCUT2D eigenvalue weighted by atomic mass is 9.96. The zero-order valence-electron chi connectivity index (χ0n) is 13.8. The highest BCUT2D eigenvalue weighted by atomic mass is 35.5. The number of piperidine rings is 1. The maximum Gasteiger partial charge on any atom is 0.267 e. The molecule has 0 aliphatic carbocycles. The van der Waals surface area contributed by atoms with Gasteiger partial charge in [-0.3, -0.25) is 9.59 Å². The van der Waals surface area contributed by atoms with Gasteiger partial charge in [0.2, 0.25) is 5.91 Å². The Balaban J connectivity index is 2.08. The van der Waals surface area contributed by atoms with Crippen molar-refractivity contribution in [3.63, 3.8) is 0 Å². The molecule has 1 aliphatic rings. The zero-order chi connectivity index (χ0) is 18.4. The molecule has 0 saturated carbocycles. The molecular formula is C17H19ClN4O3. The second-order valence-electron chi connectivity index (χ2n) is 5.67. The predicted octanol–water partition coefficient (Wildman–Crippen LogP) is 1.89. The molecule has 1 aromatic rings. The van der Waals surface area contributed by atoms with E-state index in [9.17, 15) is 14.9 Å². The van der Waals surface area contributed by atoms with Crippen molar-refractivity contribution < 1.29 is 14.3 Å². The Morgan fingerprint density at radius 3 is 2.68 bits per heavy atom. The molecule has 1 aromatic carbocycles. The number of hydrogen-bond donors (Lipinski definition) is 2. The van der Waals surface area contributed by atoms with Crippen LogP contribution in [0.25, 0.3) is 0 Å². The lowest BCUT2D eigenvalue weighted by molar-refractivity contribution is -0.123. The number of nitriles is 1. The first-order chi connectivity index (χ1) is 11.9. The fourth-order valence-electron chi connectivity index (χ4n) is 2.60. The smallest absolute Gasteiger partial charge is 0.267 e. The van der Waals surface area contributed by atoms with Crippen molar-refractivity contribution in [1.82, 2.24) is 4.90 Å². The Morgan fingerprint density at radius 2 is 2.12 bits per heavy atom. The molecule has 2 amide bonds. The summed E-state index contributed by atoms with van der Waals surface area (Å²) in [5, 5.41) is 12.4. The normalized spacial score (nSPS) is 15.4. The number of ether oxygens (including phenoxy) is 1. The van der Waals surface area contributed by atoms with Gasteiger partial charge in [-0.15, -0.1) is 0 Å². The minimum Gasteiger partial charge on any atom is -0.495 e. The third-order valence-corrected chi connectivity index (χ3v) is 4.25. The number of rotatable bonds is 5. The van der Waals surface area contributed by atoms with E-state index in [0.29, 0.717) is 42.4 Å². The van der Waals surface area contributed by atoms with Gasteiger partial charge >= 0.3 is 0 Å². The van der Waals surface area contributed by atoms with Crippen molar-refractivity contribution >= 4 is 29.1 Å². The molecule has 0 unspecified atom stereocenters. The van der Waals surface area contributed by atoms with Crippen LogP contribution in [0.2, 0.25) is 5.02 Å². The lowest BCUT2D eigenvalue weighted by Crippen LogP contribution is -2.36. The third-order valence-electron chi connectivity index (χ3n) is 4.02. The summed E-state index contributed by atoms with van der Waals surface area (Å²) >= 11 is 5.93. The van der Waals surface area contributed by atoms with Gasteiger partial charge in [0.15, 0.2) is 0 Å². The van der Waals surface area contributed by atoms with Crippen LogP contribution in [-0.2, 0) is 9.59 Å². The molecule has 1 heterocycles. The highest BCUT2D eigenvalue weighted by Crippen LogP contribution is 2.28. The van der Waals surface area contributed by atoms with Crippen LogP contribution in [0.5, 0.6) is 5.75 Å². The summed E-state index contributed by atoms with van der Waals surface area (Å²) in [5.41, 5.74) is 5.64. The number of nitrogens with zero attached hydrogens (tertiary/aromatic N) is 2. The van der Waals surface area contributed by atoms with Crippen molar-refractivity contribution in [2.75, 3.05) is 25.5 Å². The van der Waals surface area contributed by atoms with Crippen LogP contribution < -0.4 is 15.8 Å². The standard InChI is InChI=1S/C17H19ClN4O3/c1-25-15-3-2-13(18)8-14(15)21-17(24)12(9-19)10-22-6-4-11(5-7-22)16(20)23/h2-3,8,10-11H,4-7H2,1H3,(H2,20,23)(H,21,24)/b12-10-. The summed E-state index contributed by atoms with van der Waals surface area (Å²) in [6.07, 6.45) is 2.71. The number of methoxy groups -OCH3 is 1. The molecular weight excluding hydrogens is 344 g/mol. The van der Waals surface area contributed by atoms with Crippen LogP contribution in [0, 0.1) is 17.2 Å². The van der Waals surface area contributed by atoms with Gasteiger partial charge in [0.25, 0.3) is 5.91 Å². The maximum atomic E-state index is 12.4. The van der Waals surface area contributed by atoms with Crippen molar-refractivity contribution in [3.05, 3.63) is 35.0 Å². The van der Waals surface area contributed by atoms with Gasteiger partial charge in [-0.1, -0.05) is 11.6 Å². The molecule has 25 heavy (non-hydrogen) atoms. The SMILES string of the molecule is COc1ccc(Cl)cc1NC(=O)/C(C#N)=C\N1CCC(C(N)=O)CC1. The van der Waals surface area contributed by atoms with E-state index in [1.54, 1.807) is 18.2 Å². The molecule has 8 heteroatoms. The fourth-order valence-corrected chi connectivity index (χ4v) is 2.77. The fraction of sp³-hybridized carbons (Fsp3) is 0.353. The predicted molar refractivity (Wildman–Crippen MR) is 93.8 cm³/mol. The topological polar surface area (TPSA) is 108 Å². The molecule has 3 N–H and O–H groups in total. The van der Waals surface area contributed by atoms with E-state index in [4.69, 9.17) is 22.1 Å². The van der Waals surface area contributed by atoms with E-state index < -0.39 is 5.91 Å². The second kappa shape index (κ2) is 8.40. The summed E-state index contributed by atoms with van der Waals surface area (Å²) in [6.45, 7) is 1.12. The highest BCUT2D eigenvalue weighted by molar-refractivity contribution is 6.31. The largest absolute Gasteiger partial charge is 0.495 e. The van der Waals surface area contributed by atoms with Gasteiger partial charge in [0.1, 0.15) is 17.4 Å². The van der Waals surface area contributed by atoms with Crippen LogP contribution in [0.3, 0.4) is 0 Å². The molecule has 1 fully saturated rings. The minimum atomic E-state index is -0.555. The summed E-state index contributed by atoms with van der Waals surface area (Å²) in [4.78, 5) is 25.4. The first-order valence-corrected chi connectivity index (χ1v) is 8.12. The van der Waals surface area contributed by atoms with E-state index in [0.717, 1.165) is 0 Å². The van der Waals surface area contributed by atoms with Crippen LogP contribution in [0.1, 0.15) is 12.8 Å².